The molecule has 0 aliphatic rings. The van der Waals surface area contributed by atoms with E-state index in [2.05, 4.69) is 15.3 Å². The smallest absolute Gasteiger partial charge is 0.484 e. The zero-order chi connectivity index (χ0) is 35.0. The number of quaternary nitrogens is 1. The average molecular weight is 682 g/mol. The summed E-state index contributed by atoms with van der Waals surface area (Å²) < 4.78 is 48.4. The highest BCUT2D eigenvalue weighted by atomic mass is 32.1. The molecule has 1 unspecified atom stereocenters. The Morgan fingerprint density at radius 3 is 2.44 bits per heavy atom. The number of hydrogen-bond donors (Lipinski definition) is 3. The zero-order valence-electron chi connectivity index (χ0n) is 27.0. The van der Waals surface area contributed by atoms with Crippen molar-refractivity contribution in [1.82, 2.24) is 14.5 Å². The number of likely N-dealkylation sites (N-methyl/N-ethyl adjacent to an activating group) is 1. The highest BCUT2D eigenvalue weighted by Gasteiger charge is 2.43. The number of carboxylic acid groups (broad SMARTS) is 1. The average Bonchev–Trinajstić information content (AvgIpc) is 3.64. The van der Waals surface area contributed by atoms with Crippen molar-refractivity contribution in [3.63, 3.8) is 0 Å². The van der Waals surface area contributed by atoms with E-state index in [0.717, 1.165) is 34.0 Å². The van der Waals surface area contributed by atoms with Gasteiger partial charge in [0.1, 0.15) is 46.0 Å². The van der Waals surface area contributed by atoms with Crippen LogP contribution in [0.5, 0.6) is 5.75 Å². The molecule has 0 fully saturated rings. The maximum Gasteiger partial charge on any atom is 0.513 e. The molecule has 14 heteroatoms. The molecule has 0 radical (unpaired) electrons. The van der Waals surface area contributed by atoms with Crippen molar-refractivity contribution in [1.29, 1.82) is 0 Å². The van der Waals surface area contributed by atoms with Gasteiger partial charge in [0, 0.05) is 17.8 Å². The number of benzene rings is 2. The van der Waals surface area contributed by atoms with Gasteiger partial charge in [0.05, 0.1) is 30.2 Å². The number of anilines is 1. The monoisotopic (exact) mass is 681 g/mol. The first-order valence-electron chi connectivity index (χ1n) is 15.0. The van der Waals surface area contributed by atoms with E-state index in [0.29, 0.717) is 29.4 Å². The van der Waals surface area contributed by atoms with Crippen LogP contribution >= 0.6 is 11.3 Å². The highest BCUT2D eigenvalue weighted by Crippen LogP contribution is 2.39. The number of amides is 2. The lowest BCUT2D eigenvalue weighted by Gasteiger charge is -2.40. The van der Waals surface area contributed by atoms with Gasteiger partial charge in [-0.3, -0.25) is 9.36 Å². The summed E-state index contributed by atoms with van der Waals surface area (Å²) in [4.78, 5) is 33.3. The fraction of sp³-hybridized carbons (Fsp3) is 0.294. The highest BCUT2D eigenvalue weighted by molar-refractivity contribution is 7.16. The second-order valence-electron chi connectivity index (χ2n) is 12.5. The van der Waals surface area contributed by atoms with Crippen LogP contribution in [0.3, 0.4) is 0 Å². The van der Waals surface area contributed by atoms with E-state index in [1.807, 2.05) is 51.1 Å². The van der Waals surface area contributed by atoms with Gasteiger partial charge in [0.2, 0.25) is 0 Å². The van der Waals surface area contributed by atoms with Gasteiger partial charge in [0.25, 0.3) is 5.91 Å². The normalized spacial score (nSPS) is 14.0. The van der Waals surface area contributed by atoms with Crippen LogP contribution in [0, 0.1) is 0 Å². The molecule has 0 spiro atoms. The Kier molecular flexibility index (Phi) is 9.26. The van der Waals surface area contributed by atoms with E-state index >= 15 is 0 Å². The number of fused-ring (bicyclic) bond motifs is 1. The van der Waals surface area contributed by atoms with Gasteiger partial charge >= 0.3 is 12.3 Å². The second kappa shape index (κ2) is 12.9. The van der Waals surface area contributed by atoms with E-state index in [1.165, 1.54) is 25.1 Å². The zero-order valence-corrected chi connectivity index (χ0v) is 27.8. The molecule has 0 saturated carbocycles. The molecule has 5 rings (SSSR count). The van der Waals surface area contributed by atoms with Crippen molar-refractivity contribution >= 4 is 40.2 Å². The fourth-order valence-corrected chi connectivity index (χ4v) is 6.23. The van der Waals surface area contributed by atoms with Crippen LogP contribution in [0.25, 0.3) is 27.2 Å². The summed E-state index contributed by atoms with van der Waals surface area (Å²) in [6.07, 6.45) is -3.24. The van der Waals surface area contributed by atoms with Crippen LogP contribution in [0.1, 0.15) is 54.6 Å². The summed E-state index contributed by atoms with van der Waals surface area (Å²) in [5, 5.41) is 13.6. The third kappa shape index (κ3) is 6.85. The first kappa shape index (κ1) is 34.4. The number of imidazole rings is 1. The summed E-state index contributed by atoms with van der Waals surface area (Å²) in [6.45, 7) is 7.90. The molecule has 2 amide bonds. The number of nitrogens with zero attached hydrogens (tertiary/aromatic N) is 4. The Hall–Kier alpha value is -4.95. The number of nitrogens with two attached hydrogens (primary N) is 1. The number of aromatic nitrogens is 3. The number of carbonyl (C=O) groups excluding carboxylic acids is 1. The van der Waals surface area contributed by atoms with Crippen molar-refractivity contribution in [2.24, 2.45) is 5.73 Å². The van der Waals surface area contributed by atoms with Gasteiger partial charge in [-0.15, -0.1) is 11.3 Å². The van der Waals surface area contributed by atoms with Gasteiger partial charge in [-0.25, -0.2) is 14.5 Å². The lowest BCUT2D eigenvalue weighted by atomic mass is 10.0. The van der Waals surface area contributed by atoms with Gasteiger partial charge in [-0.1, -0.05) is 24.3 Å². The molecule has 0 bridgehead atoms. The molecule has 48 heavy (non-hydrogen) atoms. The predicted octanol–water partition coefficient (Wildman–Crippen LogP) is 7.74. The lowest BCUT2D eigenvalue weighted by Crippen LogP contribution is -2.62. The number of alkyl halides is 3. The van der Waals surface area contributed by atoms with E-state index in [1.54, 1.807) is 30.2 Å². The summed E-state index contributed by atoms with van der Waals surface area (Å²) in [5.41, 5.74) is 7.37. The van der Waals surface area contributed by atoms with Gasteiger partial charge in [-0.2, -0.15) is 18.0 Å². The van der Waals surface area contributed by atoms with Crippen molar-refractivity contribution in [2.75, 3.05) is 25.5 Å². The van der Waals surface area contributed by atoms with E-state index < -0.39 is 35.4 Å². The summed E-state index contributed by atoms with van der Waals surface area (Å²) in [6, 6.07) is 16.1. The van der Waals surface area contributed by atoms with Gasteiger partial charge in [0.15, 0.2) is 0 Å². The molecule has 3 heterocycles. The summed E-state index contributed by atoms with van der Waals surface area (Å²) in [5.74, 6) is -0.0929. The number of pyridine rings is 1. The Bertz CT molecular complexity index is 1980. The van der Waals surface area contributed by atoms with Crippen LogP contribution in [-0.4, -0.2) is 61.8 Å². The number of carbonyl (C=O) groups is 2. The first-order valence-corrected chi connectivity index (χ1v) is 15.8. The van der Waals surface area contributed by atoms with Crippen molar-refractivity contribution in [3.05, 3.63) is 89.2 Å². The standard InChI is InChI=1S/C34H35F3N6O4S/c1-20(23-8-6-7-9-24(23)34(35,36)37)47-27-18-29(48-30(27)31(38)44)42-19-41-25-16-21(10-11-26(25)42)22-12-13-39-28(17-22)40-14-15-43(5,32(45)46)33(2,3)4/h6-13,16-20H,14-15H2,1-5H3,(H3-,38,39,40,44,45,46)/p+1/t20-,43?/m1/s1. The van der Waals surface area contributed by atoms with Crippen LogP contribution in [0.4, 0.5) is 23.8 Å². The Morgan fingerprint density at radius 2 is 1.77 bits per heavy atom. The molecule has 2 atom stereocenters. The first-order chi connectivity index (χ1) is 22.5. The number of nitrogens with one attached hydrogen (secondary N) is 1. The summed E-state index contributed by atoms with van der Waals surface area (Å²) in [7, 11) is 1.69. The topological polar surface area (TPSA) is 132 Å². The third-order valence-electron chi connectivity index (χ3n) is 8.56. The quantitative estimate of drug-likeness (QED) is 0.129. The predicted molar refractivity (Wildman–Crippen MR) is 179 cm³/mol. The number of primary amides is 1. The lowest BCUT2D eigenvalue weighted by molar-refractivity contribution is -0.883. The summed E-state index contributed by atoms with van der Waals surface area (Å²) >= 11 is 1.05. The Labute approximate surface area is 279 Å². The minimum atomic E-state index is -4.57. The molecular formula is C34H36F3N6O4S+. The van der Waals surface area contributed by atoms with Crippen LogP contribution < -0.4 is 15.8 Å². The van der Waals surface area contributed by atoms with Crippen LogP contribution in [0.2, 0.25) is 0 Å². The number of thiophene rings is 1. The third-order valence-corrected chi connectivity index (χ3v) is 9.69. The maximum absolute atomic E-state index is 13.6. The molecule has 3 aromatic heterocycles. The molecule has 5 aromatic rings. The Morgan fingerprint density at radius 1 is 1.06 bits per heavy atom. The van der Waals surface area contributed by atoms with E-state index in [-0.39, 0.29) is 20.7 Å². The van der Waals surface area contributed by atoms with Crippen molar-refractivity contribution < 1.29 is 37.1 Å². The molecule has 252 valence electrons. The molecule has 0 saturated heterocycles. The minimum Gasteiger partial charge on any atom is -0.484 e. The molecule has 10 nitrogen and oxygen atoms in total. The van der Waals surface area contributed by atoms with Crippen molar-refractivity contribution in [3.8, 4) is 21.9 Å². The molecule has 4 N–H and O–H groups in total. The number of hydrogen-bond acceptors (Lipinski definition) is 7. The van der Waals surface area contributed by atoms with Gasteiger partial charge in [-0.05, 0) is 69.2 Å². The fourth-order valence-electron chi connectivity index (χ4n) is 5.30. The maximum atomic E-state index is 13.6. The number of rotatable bonds is 10. The second-order valence-corrected chi connectivity index (χ2v) is 13.6. The number of halogens is 3. The number of ether oxygens (including phenoxy) is 1. The minimum absolute atomic E-state index is 0.0638. The largest absolute Gasteiger partial charge is 0.513 e. The SMILES string of the molecule is C[C@@H](Oc1cc(-n2cnc3cc(-c4ccnc(NCC[N+](C)(C(=O)O)C(C)(C)C)c4)ccc32)sc1C(N)=O)c1ccccc1C(F)(F)F. The van der Waals surface area contributed by atoms with Crippen molar-refractivity contribution in [2.45, 2.75) is 45.5 Å². The molecular weight excluding hydrogens is 645 g/mol. The van der Waals surface area contributed by atoms with Gasteiger partial charge < -0.3 is 20.9 Å². The van der Waals surface area contributed by atoms with E-state index in [4.69, 9.17) is 10.5 Å². The molecule has 0 aliphatic heterocycles. The molecule has 2 aromatic carbocycles. The van der Waals surface area contributed by atoms with Crippen LogP contribution in [-0.2, 0) is 6.18 Å². The molecule has 0 aliphatic carbocycles. The van der Waals surface area contributed by atoms with E-state index in [9.17, 15) is 27.9 Å². The van der Waals surface area contributed by atoms with Crippen LogP contribution in [0.15, 0.2) is 73.2 Å². The Balaban J connectivity index is 1.37.